The fraction of sp³-hybridized carbons (Fsp3) is 0.400. The van der Waals surface area contributed by atoms with Gasteiger partial charge in [0.1, 0.15) is 37.5 Å². The van der Waals surface area contributed by atoms with E-state index in [1.165, 1.54) is 6.92 Å². The van der Waals surface area contributed by atoms with Gasteiger partial charge in [0.2, 0.25) is 15.3 Å². The van der Waals surface area contributed by atoms with Crippen LogP contribution in [0.5, 0.6) is 17.2 Å². The molecular weight excluding hydrogens is 1010 g/mol. The van der Waals surface area contributed by atoms with E-state index in [1.54, 1.807) is 34.6 Å². The lowest BCUT2D eigenvalue weighted by atomic mass is 9.73. The molecule has 27 heteroatoms. The number of sulfone groups is 1. The third kappa shape index (κ3) is 10.9. The van der Waals surface area contributed by atoms with Crippen LogP contribution in [0.3, 0.4) is 0 Å². The van der Waals surface area contributed by atoms with E-state index in [1.807, 2.05) is 0 Å². The summed E-state index contributed by atoms with van der Waals surface area (Å²) in [6.07, 6.45) is -11.6. The zero-order chi connectivity index (χ0) is 51.4. The largest absolute Gasteiger partial charge is 0.486 e. The molecule has 0 spiro atoms. The minimum Gasteiger partial charge on any atom is -0.486 e. The minimum atomic E-state index is -6.56. The molecule has 0 bridgehead atoms. The first-order valence-corrected chi connectivity index (χ1v) is 26.8. The Bertz CT molecular complexity index is 3120. The van der Waals surface area contributed by atoms with Crippen molar-refractivity contribution in [3.05, 3.63) is 89.5 Å². The van der Waals surface area contributed by atoms with Gasteiger partial charge < -0.3 is 9.47 Å². The van der Waals surface area contributed by atoms with E-state index in [2.05, 4.69) is 0 Å². The van der Waals surface area contributed by atoms with Gasteiger partial charge in [-0.1, -0.05) is 59.2 Å². The summed E-state index contributed by atoms with van der Waals surface area (Å²) in [5.41, 5.74) is -11.5. The summed E-state index contributed by atoms with van der Waals surface area (Å²) in [6.45, 7) is 9.74. The number of benzene rings is 4. The van der Waals surface area contributed by atoms with E-state index >= 15 is 26.3 Å². The van der Waals surface area contributed by atoms with E-state index in [4.69, 9.17) is 9.47 Å². The first-order chi connectivity index (χ1) is 30.3. The van der Waals surface area contributed by atoms with Crippen LogP contribution in [0.15, 0.2) is 102 Å². The Labute approximate surface area is 383 Å². The molecule has 67 heavy (non-hydrogen) atoms. The molecule has 4 aromatic carbocycles. The number of hydrogen-bond donors (Lipinski definition) is 4. The van der Waals surface area contributed by atoms with Crippen LogP contribution in [-0.2, 0) is 61.1 Å². The van der Waals surface area contributed by atoms with Gasteiger partial charge in [-0.15, -0.1) is 0 Å². The second-order valence-corrected chi connectivity index (χ2v) is 23.3. The molecule has 0 saturated carbocycles. The predicted octanol–water partition coefficient (Wildman–Crippen LogP) is 9.13. The lowest BCUT2D eigenvalue weighted by molar-refractivity contribution is -0.288. The van der Waals surface area contributed by atoms with Gasteiger partial charge >= 0.3 is 12.4 Å². The van der Waals surface area contributed by atoms with Crippen LogP contribution in [-0.4, -0.2) is 78.3 Å². The van der Waals surface area contributed by atoms with Crippen LogP contribution in [0.2, 0.25) is 0 Å². The summed E-state index contributed by atoms with van der Waals surface area (Å²) in [7, 11) is -27.5. The molecule has 372 valence electrons. The summed E-state index contributed by atoms with van der Waals surface area (Å²) in [5.74, 6) is -3.50. The van der Waals surface area contributed by atoms with Crippen molar-refractivity contribution in [1.29, 1.82) is 0 Å². The highest BCUT2D eigenvalue weighted by atomic mass is 32.2. The molecule has 0 aliphatic heterocycles. The van der Waals surface area contributed by atoms with Gasteiger partial charge in [-0.2, -0.15) is 60.0 Å². The Kier molecular flexibility index (Phi) is 15.3. The standard InChI is InChI=1S/C40H44F6O16S5/c1-7-19-36(5,8-2)28-15-13-26(22-32(28)64(49,50)51)63(47,48)27-14-18-30(35(23-27)67(58,59)60)61-29-16-11-24(20-33(29)65(52,53)54)38(39(41,42)43,40(44,45)46)25-12-17-31(34(21-25)66(55,56)57)62-37(6,9-3)10-4/h11-18,20-23H,7-10,19H2,1-6H3,(H,49,50,51)(H,52,53,54)(H,55,56,57)(H,58,59,60). The quantitative estimate of drug-likeness (QED) is 0.0534. The molecule has 1 unspecified atom stereocenters. The zero-order valence-electron chi connectivity index (χ0n) is 36.0. The third-order valence-electron chi connectivity index (χ3n) is 11.5. The van der Waals surface area contributed by atoms with E-state index in [0.29, 0.717) is 43.5 Å². The van der Waals surface area contributed by atoms with E-state index in [-0.39, 0.29) is 54.8 Å². The summed E-state index contributed by atoms with van der Waals surface area (Å²) in [6, 6.07) is 3.98. The maximum absolute atomic E-state index is 15.3. The first kappa shape index (κ1) is 55.2. The average Bonchev–Trinajstić information content (AvgIpc) is 3.19. The monoisotopic (exact) mass is 1050 g/mol. The van der Waals surface area contributed by atoms with Gasteiger partial charge in [0.25, 0.3) is 40.5 Å². The molecule has 0 heterocycles. The van der Waals surface area contributed by atoms with Gasteiger partial charge in [0.05, 0.1) is 14.7 Å². The second kappa shape index (κ2) is 18.5. The van der Waals surface area contributed by atoms with E-state index < -0.39 is 137 Å². The molecule has 0 radical (unpaired) electrons. The van der Waals surface area contributed by atoms with Crippen LogP contribution >= 0.6 is 0 Å². The second-order valence-electron chi connectivity index (χ2n) is 15.8. The van der Waals surface area contributed by atoms with Crippen molar-refractivity contribution >= 4 is 50.3 Å². The third-order valence-corrected chi connectivity index (χ3v) is 16.8. The Hall–Kier alpha value is -4.35. The van der Waals surface area contributed by atoms with Gasteiger partial charge in [0.15, 0.2) is 0 Å². The molecule has 0 aliphatic rings. The molecule has 4 rings (SSSR count). The molecule has 4 aromatic rings. The summed E-state index contributed by atoms with van der Waals surface area (Å²) in [4.78, 5) is -7.63. The highest BCUT2D eigenvalue weighted by molar-refractivity contribution is 7.91. The van der Waals surface area contributed by atoms with Gasteiger partial charge in [0, 0.05) is 0 Å². The molecule has 0 aliphatic carbocycles. The van der Waals surface area contributed by atoms with Crippen molar-refractivity contribution in [2.75, 3.05) is 0 Å². The van der Waals surface area contributed by atoms with Crippen molar-refractivity contribution in [2.45, 2.75) is 132 Å². The Morgan fingerprint density at radius 2 is 0.866 bits per heavy atom. The van der Waals surface area contributed by atoms with Crippen LogP contribution in [0.4, 0.5) is 26.3 Å². The molecule has 0 aromatic heterocycles. The molecule has 1 atom stereocenters. The summed E-state index contributed by atoms with van der Waals surface area (Å²) < 4.78 is 271. The van der Waals surface area contributed by atoms with Crippen LogP contribution < -0.4 is 9.47 Å². The van der Waals surface area contributed by atoms with Crippen molar-refractivity contribution in [2.24, 2.45) is 0 Å². The van der Waals surface area contributed by atoms with Crippen LogP contribution in [0, 0.1) is 0 Å². The lowest BCUT2D eigenvalue weighted by Gasteiger charge is -2.39. The summed E-state index contributed by atoms with van der Waals surface area (Å²) in [5, 5.41) is 0. The molecule has 0 amide bonds. The molecule has 0 fully saturated rings. The smallest absolute Gasteiger partial charge is 0.411 e. The number of hydrogen-bond acceptors (Lipinski definition) is 12. The first-order valence-electron chi connectivity index (χ1n) is 19.5. The molecule has 16 nitrogen and oxygen atoms in total. The van der Waals surface area contributed by atoms with Gasteiger partial charge in [-0.3, -0.25) is 18.2 Å². The lowest BCUT2D eigenvalue weighted by Crippen LogP contribution is -2.55. The van der Waals surface area contributed by atoms with E-state index in [0.717, 1.165) is 12.1 Å². The highest BCUT2D eigenvalue weighted by Gasteiger charge is 2.73. The van der Waals surface area contributed by atoms with Crippen molar-refractivity contribution in [1.82, 2.24) is 0 Å². The SMILES string of the molecule is CCCC(C)(CC)c1ccc(S(=O)(=O)c2ccc(Oc3ccc(C(c4ccc(OC(C)(CC)CC)c(S(=O)(=O)O)c4)(C(F)(F)F)C(F)(F)F)cc3S(=O)(=O)O)c(S(=O)(=O)O)c2)cc1S(=O)(=O)O. The number of ether oxygens (including phenoxy) is 2. The van der Waals surface area contributed by atoms with Crippen molar-refractivity contribution in [3.63, 3.8) is 0 Å². The van der Waals surface area contributed by atoms with Crippen LogP contribution in [0.25, 0.3) is 0 Å². The van der Waals surface area contributed by atoms with Crippen LogP contribution in [0.1, 0.15) is 90.3 Å². The van der Waals surface area contributed by atoms with E-state index in [9.17, 15) is 60.3 Å². The fourth-order valence-corrected chi connectivity index (χ4v) is 11.6. The summed E-state index contributed by atoms with van der Waals surface area (Å²) >= 11 is 0. The Balaban J connectivity index is 2.00. The van der Waals surface area contributed by atoms with Gasteiger partial charge in [-0.05, 0) is 109 Å². The Morgan fingerprint density at radius 1 is 0.493 bits per heavy atom. The van der Waals surface area contributed by atoms with Crippen molar-refractivity contribution < 1.29 is 96.1 Å². The highest BCUT2D eigenvalue weighted by Crippen LogP contribution is 2.57. The molecular formula is C40H44F6O16S5. The molecule has 4 N–H and O–H groups in total. The zero-order valence-corrected chi connectivity index (χ0v) is 40.0. The number of rotatable bonds is 18. The molecule has 0 saturated heterocycles. The van der Waals surface area contributed by atoms with Gasteiger partial charge in [-0.25, -0.2) is 8.42 Å². The predicted molar refractivity (Wildman–Crippen MR) is 226 cm³/mol. The number of alkyl halides is 6. The maximum atomic E-state index is 15.3. The normalized spacial score (nSPS) is 14.7. The maximum Gasteiger partial charge on any atom is 0.411 e. The minimum absolute atomic E-state index is 0.0276. The fourth-order valence-electron chi connectivity index (χ4n) is 7.33. The van der Waals surface area contributed by atoms with Crippen molar-refractivity contribution in [3.8, 4) is 17.2 Å². The topological polar surface area (TPSA) is 270 Å². The average molecular weight is 1060 g/mol. The Morgan fingerprint density at radius 3 is 1.25 bits per heavy atom. The number of halogens is 6.